The van der Waals surface area contributed by atoms with Crippen molar-refractivity contribution < 1.29 is 22.7 Å². The van der Waals surface area contributed by atoms with Crippen LogP contribution in [0.4, 0.5) is 24.5 Å². The van der Waals surface area contributed by atoms with Gasteiger partial charge >= 0.3 is 6.18 Å². The van der Waals surface area contributed by atoms with Crippen molar-refractivity contribution in [3.05, 3.63) is 66.2 Å². The van der Waals surface area contributed by atoms with Gasteiger partial charge in [-0.1, -0.05) is 30.3 Å². The maximum atomic E-state index is 13.0. The quantitative estimate of drug-likeness (QED) is 0.649. The number of carbonyl (C=O) groups is 1. The zero-order valence-electron chi connectivity index (χ0n) is 13.2. The van der Waals surface area contributed by atoms with Crippen LogP contribution in [0.1, 0.15) is 10.4 Å². The summed E-state index contributed by atoms with van der Waals surface area (Å²) in [5.41, 5.74) is 0.265. The van der Waals surface area contributed by atoms with Crippen molar-refractivity contribution in [2.45, 2.75) is 6.18 Å². The van der Waals surface area contributed by atoms with Crippen LogP contribution in [0.2, 0.25) is 0 Å². The van der Waals surface area contributed by atoms with E-state index in [0.29, 0.717) is 16.8 Å². The van der Waals surface area contributed by atoms with Gasteiger partial charge < -0.3 is 10.1 Å². The number of ether oxygens (including phenoxy) is 1. The van der Waals surface area contributed by atoms with Crippen LogP contribution in [0.5, 0.6) is 5.75 Å². The van der Waals surface area contributed by atoms with E-state index in [1.807, 2.05) is 0 Å². The van der Waals surface area contributed by atoms with Crippen LogP contribution < -0.4 is 10.1 Å². The van der Waals surface area contributed by atoms with Crippen molar-refractivity contribution in [3.8, 4) is 5.75 Å². The average molecular weight is 345 g/mol. The van der Waals surface area contributed by atoms with Crippen molar-refractivity contribution in [2.75, 3.05) is 12.4 Å². The standard InChI is InChI=1S/C19H14F3NO2/c1-25-14-9-7-13(8-10-14)23-17-15-5-3-2-4-12(15)6-11-16(17)18(24)19(20,21)22/h2-11,23H,1H3. The highest BCUT2D eigenvalue weighted by Gasteiger charge is 2.40. The Labute approximate surface area is 142 Å². The molecule has 3 rings (SSSR count). The number of carbonyl (C=O) groups excluding carboxylic acids is 1. The van der Waals surface area contributed by atoms with Crippen molar-refractivity contribution >= 4 is 27.9 Å². The van der Waals surface area contributed by atoms with E-state index in [4.69, 9.17) is 4.74 Å². The number of halogens is 3. The molecule has 0 bridgehead atoms. The Balaban J connectivity index is 2.13. The summed E-state index contributed by atoms with van der Waals surface area (Å²) in [6.07, 6.45) is -4.95. The highest BCUT2D eigenvalue weighted by atomic mass is 19.4. The first-order chi connectivity index (χ1) is 11.9. The molecule has 0 aliphatic carbocycles. The van der Waals surface area contributed by atoms with Crippen LogP contribution in [0, 0.1) is 0 Å². The van der Waals surface area contributed by atoms with Gasteiger partial charge in [-0.15, -0.1) is 0 Å². The van der Waals surface area contributed by atoms with Gasteiger partial charge in [0.15, 0.2) is 0 Å². The summed E-state index contributed by atoms with van der Waals surface area (Å²) in [6, 6.07) is 16.3. The molecule has 3 aromatic rings. The molecule has 0 aromatic heterocycles. The summed E-state index contributed by atoms with van der Waals surface area (Å²) in [5.74, 6) is -1.26. The van der Waals surface area contributed by atoms with Gasteiger partial charge in [-0.2, -0.15) is 13.2 Å². The van der Waals surface area contributed by atoms with E-state index < -0.39 is 17.5 Å². The maximum Gasteiger partial charge on any atom is 0.454 e. The molecule has 0 aliphatic rings. The SMILES string of the molecule is COc1ccc(Nc2c(C(=O)C(F)(F)F)ccc3ccccc23)cc1. The molecule has 0 spiro atoms. The number of nitrogens with one attached hydrogen (secondary N) is 1. The summed E-state index contributed by atoms with van der Waals surface area (Å²) in [5, 5.41) is 4.21. The molecule has 0 amide bonds. The van der Waals surface area contributed by atoms with Crippen molar-refractivity contribution in [1.82, 2.24) is 0 Å². The summed E-state index contributed by atoms with van der Waals surface area (Å²) in [7, 11) is 1.52. The molecule has 6 heteroatoms. The lowest BCUT2D eigenvalue weighted by molar-refractivity contribution is -0.0884. The zero-order chi connectivity index (χ0) is 18.0. The second-order valence-corrected chi connectivity index (χ2v) is 5.39. The fraction of sp³-hybridized carbons (Fsp3) is 0.105. The molecule has 128 valence electrons. The van der Waals surface area contributed by atoms with Crippen LogP contribution in [0.15, 0.2) is 60.7 Å². The molecule has 0 heterocycles. The molecule has 3 aromatic carbocycles. The number of Topliss-reactive ketones (excluding diaryl/α,β-unsaturated/α-hetero) is 1. The maximum absolute atomic E-state index is 13.0. The first-order valence-corrected chi connectivity index (χ1v) is 7.44. The molecular formula is C19H14F3NO2. The third kappa shape index (κ3) is 3.42. The predicted molar refractivity (Wildman–Crippen MR) is 90.6 cm³/mol. The lowest BCUT2D eigenvalue weighted by Gasteiger charge is -2.16. The molecule has 3 nitrogen and oxygen atoms in total. The van der Waals surface area contributed by atoms with Gasteiger partial charge in [-0.05, 0) is 35.7 Å². The first-order valence-electron chi connectivity index (χ1n) is 7.44. The van der Waals surface area contributed by atoms with E-state index in [1.165, 1.54) is 19.2 Å². The zero-order valence-corrected chi connectivity index (χ0v) is 13.2. The largest absolute Gasteiger partial charge is 0.497 e. The fourth-order valence-electron chi connectivity index (χ4n) is 2.57. The number of methoxy groups -OCH3 is 1. The number of benzene rings is 3. The molecule has 0 saturated carbocycles. The minimum atomic E-state index is -4.95. The number of rotatable bonds is 4. The van der Waals surface area contributed by atoms with Crippen LogP contribution in [0.3, 0.4) is 0 Å². The smallest absolute Gasteiger partial charge is 0.454 e. The fourth-order valence-corrected chi connectivity index (χ4v) is 2.57. The van der Waals surface area contributed by atoms with Crippen LogP contribution in [-0.4, -0.2) is 19.1 Å². The number of hydrogen-bond acceptors (Lipinski definition) is 3. The Morgan fingerprint density at radius 1 is 0.960 bits per heavy atom. The van der Waals surface area contributed by atoms with Gasteiger partial charge in [0.2, 0.25) is 0 Å². The number of ketones is 1. The van der Waals surface area contributed by atoms with E-state index in [9.17, 15) is 18.0 Å². The molecule has 0 atom stereocenters. The predicted octanol–water partition coefficient (Wildman–Crippen LogP) is 5.34. The third-order valence-corrected chi connectivity index (χ3v) is 3.79. The Kier molecular flexibility index (Phi) is 4.35. The number of anilines is 2. The van der Waals surface area contributed by atoms with Gasteiger partial charge in [-0.25, -0.2) is 0 Å². The van der Waals surface area contributed by atoms with Gasteiger partial charge in [0.1, 0.15) is 5.75 Å². The monoisotopic (exact) mass is 345 g/mol. The van der Waals surface area contributed by atoms with Crippen LogP contribution in [-0.2, 0) is 0 Å². The lowest BCUT2D eigenvalue weighted by atomic mass is 10.0. The second-order valence-electron chi connectivity index (χ2n) is 5.39. The molecular weight excluding hydrogens is 331 g/mol. The second kappa shape index (κ2) is 6.47. The topological polar surface area (TPSA) is 38.3 Å². The van der Waals surface area contributed by atoms with Crippen LogP contribution >= 0.6 is 0 Å². The molecule has 0 fully saturated rings. The average Bonchev–Trinajstić information content (AvgIpc) is 2.61. The Morgan fingerprint density at radius 3 is 2.28 bits per heavy atom. The summed E-state index contributed by atoms with van der Waals surface area (Å²) >= 11 is 0. The van der Waals surface area contributed by atoms with Gasteiger partial charge in [0.05, 0.1) is 18.4 Å². The van der Waals surface area contributed by atoms with E-state index in [2.05, 4.69) is 5.32 Å². The first kappa shape index (κ1) is 16.8. The van der Waals surface area contributed by atoms with Gasteiger partial charge in [-0.3, -0.25) is 4.79 Å². The molecule has 0 unspecified atom stereocenters. The van der Waals surface area contributed by atoms with Crippen molar-refractivity contribution in [2.24, 2.45) is 0 Å². The van der Waals surface area contributed by atoms with Gasteiger partial charge in [0.25, 0.3) is 5.78 Å². The minimum Gasteiger partial charge on any atom is -0.497 e. The molecule has 0 aliphatic heterocycles. The summed E-state index contributed by atoms with van der Waals surface area (Å²) in [4.78, 5) is 11.8. The molecule has 25 heavy (non-hydrogen) atoms. The minimum absolute atomic E-state index is 0.130. The lowest BCUT2D eigenvalue weighted by Crippen LogP contribution is -2.23. The highest BCUT2D eigenvalue weighted by molar-refractivity contribution is 6.12. The number of alkyl halides is 3. The van der Waals surface area contributed by atoms with Gasteiger partial charge in [0, 0.05) is 11.1 Å². The highest BCUT2D eigenvalue weighted by Crippen LogP contribution is 2.34. The molecule has 0 saturated heterocycles. The van der Waals surface area contributed by atoms with E-state index in [-0.39, 0.29) is 5.69 Å². The Morgan fingerprint density at radius 2 is 1.64 bits per heavy atom. The van der Waals surface area contributed by atoms with Crippen LogP contribution in [0.25, 0.3) is 10.8 Å². The van der Waals surface area contributed by atoms with Crippen molar-refractivity contribution in [3.63, 3.8) is 0 Å². The number of hydrogen-bond donors (Lipinski definition) is 1. The van der Waals surface area contributed by atoms with E-state index >= 15 is 0 Å². The summed E-state index contributed by atoms with van der Waals surface area (Å²) in [6.45, 7) is 0. The van der Waals surface area contributed by atoms with E-state index in [0.717, 1.165) is 5.39 Å². The third-order valence-electron chi connectivity index (χ3n) is 3.79. The summed E-state index contributed by atoms with van der Waals surface area (Å²) < 4.78 is 43.9. The Bertz CT molecular complexity index is 918. The van der Waals surface area contributed by atoms with E-state index in [1.54, 1.807) is 48.5 Å². The molecule has 1 N–H and O–H groups in total. The number of fused-ring (bicyclic) bond motifs is 1. The molecule has 0 radical (unpaired) electrons. The van der Waals surface area contributed by atoms with Crippen molar-refractivity contribution in [1.29, 1.82) is 0 Å². The normalized spacial score (nSPS) is 11.4. The Hall–Kier alpha value is -3.02.